The summed E-state index contributed by atoms with van der Waals surface area (Å²) in [6.45, 7) is 0.372. The first-order chi connectivity index (χ1) is 8.99. The highest BCUT2D eigenvalue weighted by atomic mass is 16.4. The highest BCUT2D eigenvalue weighted by Gasteiger charge is 2.11. The Bertz CT molecular complexity index is 633. The minimum absolute atomic E-state index is 0.0157. The number of carbonyl (C=O) groups excluding carboxylic acids is 1. The molecule has 19 heavy (non-hydrogen) atoms. The number of carboxylic acids is 1. The van der Waals surface area contributed by atoms with Crippen molar-refractivity contribution in [1.29, 1.82) is 0 Å². The molecule has 0 saturated carbocycles. The van der Waals surface area contributed by atoms with Crippen molar-refractivity contribution in [2.45, 2.75) is 13.0 Å². The van der Waals surface area contributed by atoms with Crippen molar-refractivity contribution in [2.24, 2.45) is 0 Å². The Morgan fingerprint density at radius 1 is 1.37 bits per heavy atom. The van der Waals surface area contributed by atoms with E-state index in [2.05, 4.69) is 10.3 Å². The van der Waals surface area contributed by atoms with Crippen LogP contribution in [0.5, 0.6) is 0 Å². The first kappa shape index (κ1) is 13.0. The Balaban J connectivity index is 2.26. The third-order valence-corrected chi connectivity index (χ3v) is 2.80. The Kier molecular flexibility index (Phi) is 3.46. The lowest BCUT2D eigenvalue weighted by molar-refractivity contribution is -0.128. The van der Waals surface area contributed by atoms with Crippen LogP contribution in [0.15, 0.2) is 18.2 Å². The van der Waals surface area contributed by atoms with E-state index in [1.165, 1.54) is 17.0 Å². The zero-order chi connectivity index (χ0) is 14.0. The van der Waals surface area contributed by atoms with Crippen LogP contribution in [0.25, 0.3) is 11.0 Å². The van der Waals surface area contributed by atoms with E-state index in [4.69, 9.17) is 5.11 Å². The predicted molar refractivity (Wildman–Crippen MR) is 67.8 cm³/mol. The van der Waals surface area contributed by atoms with Gasteiger partial charge in [0.25, 0.3) is 0 Å². The number of hydrogen-bond acceptors (Lipinski definition) is 4. The SMILES string of the molecule is CN(C)C(=O)CCn1nnc2ccc(C(=O)O)cc21. The number of amides is 1. The second kappa shape index (κ2) is 5.05. The molecule has 1 N–H and O–H groups in total. The third-order valence-electron chi connectivity index (χ3n) is 2.80. The van der Waals surface area contributed by atoms with E-state index in [1.54, 1.807) is 24.8 Å². The lowest BCUT2D eigenvalue weighted by Crippen LogP contribution is -2.23. The summed E-state index contributed by atoms with van der Waals surface area (Å²) in [5.41, 5.74) is 1.41. The van der Waals surface area contributed by atoms with E-state index in [9.17, 15) is 9.59 Å². The van der Waals surface area contributed by atoms with Gasteiger partial charge < -0.3 is 10.0 Å². The van der Waals surface area contributed by atoms with Crippen molar-refractivity contribution < 1.29 is 14.7 Å². The topological polar surface area (TPSA) is 88.3 Å². The van der Waals surface area contributed by atoms with Gasteiger partial charge in [0.2, 0.25) is 5.91 Å². The monoisotopic (exact) mass is 262 g/mol. The second-order valence-corrected chi connectivity index (χ2v) is 4.36. The minimum Gasteiger partial charge on any atom is -0.478 e. The molecule has 0 spiro atoms. The molecule has 0 aliphatic rings. The number of aryl methyl sites for hydroxylation is 1. The van der Waals surface area contributed by atoms with E-state index in [0.29, 0.717) is 24.0 Å². The molecule has 0 aliphatic carbocycles. The van der Waals surface area contributed by atoms with Gasteiger partial charge in [0, 0.05) is 20.5 Å². The highest BCUT2D eigenvalue weighted by Crippen LogP contribution is 2.14. The van der Waals surface area contributed by atoms with Gasteiger partial charge in [-0.25, -0.2) is 9.48 Å². The molecule has 1 amide bonds. The molecular formula is C12H14N4O3. The predicted octanol–water partition coefficient (Wildman–Crippen LogP) is 0.608. The number of aromatic carboxylic acids is 1. The third kappa shape index (κ3) is 2.70. The molecule has 0 radical (unpaired) electrons. The molecule has 0 fully saturated rings. The molecule has 7 nitrogen and oxygen atoms in total. The molecule has 0 unspecified atom stereocenters. The largest absolute Gasteiger partial charge is 0.478 e. The minimum atomic E-state index is -1.00. The Hall–Kier alpha value is -2.44. The van der Waals surface area contributed by atoms with Gasteiger partial charge in [0.15, 0.2) is 0 Å². The number of nitrogens with zero attached hydrogens (tertiary/aromatic N) is 4. The Morgan fingerprint density at radius 3 is 2.74 bits per heavy atom. The van der Waals surface area contributed by atoms with Crippen molar-refractivity contribution in [3.63, 3.8) is 0 Å². The number of carboxylic acid groups (broad SMARTS) is 1. The van der Waals surface area contributed by atoms with Crippen LogP contribution in [0, 0.1) is 0 Å². The van der Waals surface area contributed by atoms with Crippen LogP contribution in [-0.4, -0.2) is 51.0 Å². The summed E-state index contributed by atoms with van der Waals surface area (Å²) in [4.78, 5) is 23.9. The van der Waals surface area contributed by atoms with Gasteiger partial charge in [-0.3, -0.25) is 4.79 Å². The molecule has 0 saturated heterocycles. The average molecular weight is 262 g/mol. The van der Waals surface area contributed by atoms with Gasteiger partial charge in [0.05, 0.1) is 17.6 Å². The lowest BCUT2D eigenvalue weighted by Gasteiger charge is -2.09. The average Bonchev–Trinajstić information content (AvgIpc) is 2.77. The fraction of sp³-hybridized carbons (Fsp3) is 0.333. The molecule has 2 rings (SSSR count). The van der Waals surface area contributed by atoms with Crippen molar-refractivity contribution in [2.75, 3.05) is 14.1 Å². The smallest absolute Gasteiger partial charge is 0.335 e. The lowest BCUT2D eigenvalue weighted by atomic mass is 10.2. The number of rotatable bonds is 4. The van der Waals surface area contributed by atoms with Crippen LogP contribution >= 0.6 is 0 Å². The van der Waals surface area contributed by atoms with E-state index in [0.717, 1.165) is 0 Å². The zero-order valence-corrected chi connectivity index (χ0v) is 10.7. The van der Waals surface area contributed by atoms with Crippen molar-refractivity contribution >= 4 is 22.9 Å². The summed E-state index contributed by atoms with van der Waals surface area (Å²) in [6, 6.07) is 4.60. The maximum absolute atomic E-state index is 11.5. The first-order valence-electron chi connectivity index (χ1n) is 5.75. The number of fused-ring (bicyclic) bond motifs is 1. The summed E-state index contributed by atoms with van der Waals surface area (Å²) in [5, 5.41) is 16.8. The fourth-order valence-corrected chi connectivity index (χ4v) is 1.69. The van der Waals surface area contributed by atoms with Crippen LogP contribution in [-0.2, 0) is 11.3 Å². The molecule has 1 aromatic carbocycles. The number of carbonyl (C=O) groups is 2. The van der Waals surface area contributed by atoms with Gasteiger partial charge in [-0.05, 0) is 18.2 Å². The quantitative estimate of drug-likeness (QED) is 0.872. The van der Waals surface area contributed by atoms with Crippen LogP contribution in [0.3, 0.4) is 0 Å². The van der Waals surface area contributed by atoms with E-state index >= 15 is 0 Å². The molecule has 0 aliphatic heterocycles. The first-order valence-corrected chi connectivity index (χ1v) is 5.75. The van der Waals surface area contributed by atoms with Gasteiger partial charge in [-0.1, -0.05) is 5.21 Å². The van der Waals surface area contributed by atoms with Crippen LogP contribution in [0.2, 0.25) is 0 Å². The molecule has 0 atom stereocenters. The van der Waals surface area contributed by atoms with E-state index in [1.807, 2.05) is 0 Å². The van der Waals surface area contributed by atoms with Crippen LogP contribution in [0.4, 0.5) is 0 Å². The standard InChI is InChI=1S/C12H14N4O3/c1-15(2)11(17)5-6-16-10-7-8(12(18)19)3-4-9(10)13-14-16/h3-4,7H,5-6H2,1-2H3,(H,18,19). The van der Waals surface area contributed by atoms with Gasteiger partial charge in [-0.2, -0.15) is 0 Å². The van der Waals surface area contributed by atoms with Crippen LogP contribution < -0.4 is 0 Å². The fourth-order valence-electron chi connectivity index (χ4n) is 1.69. The molecule has 1 heterocycles. The second-order valence-electron chi connectivity index (χ2n) is 4.36. The van der Waals surface area contributed by atoms with Crippen molar-refractivity contribution in [3.05, 3.63) is 23.8 Å². The molecule has 100 valence electrons. The normalized spacial score (nSPS) is 10.6. The summed E-state index contributed by atoms with van der Waals surface area (Å²) >= 11 is 0. The van der Waals surface area contributed by atoms with Crippen molar-refractivity contribution in [3.8, 4) is 0 Å². The Morgan fingerprint density at radius 2 is 2.11 bits per heavy atom. The maximum Gasteiger partial charge on any atom is 0.335 e. The number of aromatic nitrogens is 3. The molecular weight excluding hydrogens is 248 g/mol. The number of benzene rings is 1. The molecule has 0 bridgehead atoms. The maximum atomic E-state index is 11.5. The van der Waals surface area contributed by atoms with Gasteiger partial charge in [0.1, 0.15) is 5.52 Å². The van der Waals surface area contributed by atoms with Crippen molar-refractivity contribution in [1.82, 2.24) is 19.9 Å². The van der Waals surface area contributed by atoms with Gasteiger partial charge in [-0.15, -0.1) is 5.10 Å². The zero-order valence-electron chi connectivity index (χ0n) is 10.7. The van der Waals surface area contributed by atoms with E-state index in [-0.39, 0.29) is 11.5 Å². The molecule has 2 aromatic rings. The van der Waals surface area contributed by atoms with E-state index < -0.39 is 5.97 Å². The highest BCUT2D eigenvalue weighted by molar-refractivity contribution is 5.92. The summed E-state index contributed by atoms with van der Waals surface area (Å²) in [7, 11) is 3.37. The molecule has 1 aromatic heterocycles. The number of hydrogen-bond donors (Lipinski definition) is 1. The summed E-state index contributed by atoms with van der Waals surface area (Å²) in [6.07, 6.45) is 0.294. The summed E-state index contributed by atoms with van der Waals surface area (Å²) < 4.78 is 1.54. The van der Waals surface area contributed by atoms with Gasteiger partial charge >= 0.3 is 5.97 Å². The van der Waals surface area contributed by atoms with Crippen LogP contribution in [0.1, 0.15) is 16.8 Å². The Labute approximate surface area is 109 Å². The molecule has 7 heteroatoms. The summed E-state index contributed by atoms with van der Waals surface area (Å²) in [5.74, 6) is -1.02.